The summed E-state index contributed by atoms with van der Waals surface area (Å²) in [6, 6.07) is 6.53. The number of aryl methyl sites for hydroxylation is 1. The summed E-state index contributed by atoms with van der Waals surface area (Å²) in [4.78, 5) is 0. The first-order valence-corrected chi connectivity index (χ1v) is 5.90. The van der Waals surface area contributed by atoms with E-state index in [0.29, 0.717) is 5.41 Å². The van der Waals surface area contributed by atoms with Crippen molar-refractivity contribution in [1.29, 1.82) is 0 Å². The van der Waals surface area contributed by atoms with E-state index in [1.54, 1.807) is 0 Å². The average molecular weight is 254 g/mol. The van der Waals surface area contributed by atoms with Gasteiger partial charge in [-0.2, -0.15) is 0 Å². The molecule has 76 valence electrons. The molecule has 2 rings (SSSR count). The van der Waals surface area contributed by atoms with Gasteiger partial charge in [0.05, 0.1) is 0 Å². The molecule has 1 saturated carbocycles. The maximum atomic E-state index is 5.79. The Morgan fingerprint density at radius 3 is 2.71 bits per heavy atom. The molecule has 0 radical (unpaired) electrons. The predicted octanol–water partition coefficient (Wildman–Crippen LogP) is 3.04. The summed E-state index contributed by atoms with van der Waals surface area (Å²) >= 11 is 3.60. The van der Waals surface area contributed by atoms with Crippen molar-refractivity contribution in [3.8, 4) is 0 Å². The molecule has 0 bridgehead atoms. The summed E-state index contributed by atoms with van der Waals surface area (Å²) in [6.07, 6.45) is 3.72. The fraction of sp³-hybridized carbons (Fsp3) is 0.500. The molecule has 1 aromatic carbocycles. The van der Waals surface area contributed by atoms with Gasteiger partial charge in [-0.05, 0) is 49.8 Å². The third-order valence-electron chi connectivity index (χ3n) is 3.16. The first-order valence-electron chi connectivity index (χ1n) is 5.10. The van der Waals surface area contributed by atoms with Gasteiger partial charge in [0.2, 0.25) is 0 Å². The van der Waals surface area contributed by atoms with E-state index in [4.69, 9.17) is 5.73 Å². The first-order chi connectivity index (χ1) is 6.65. The quantitative estimate of drug-likeness (QED) is 0.881. The van der Waals surface area contributed by atoms with Gasteiger partial charge in [0, 0.05) is 4.47 Å². The third-order valence-corrected chi connectivity index (χ3v) is 3.93. The number of rotatable bonds is 3. The van der Waals surface area contributed by atoms with E-state index in [0.717, 1.165) is 13.0 Å². The highest BCUT2D eigenvalue weighted by atomic mass is 79.9. The Morgan fingerprint density at radius 1 is 1.43 bits per heavy atom. The van der Waals surface area contributed by atoms with Crippen molar-refractivity contribution in [2.75, 3.05) is 6.54 Å². The zero-order valence-corrected chi connectivity index (χ0v) is 10.1. The van der Waals surface area contributed by atoms with E-state index in [1.807, 2.05) is 0 Å². The number of halogens is 1. The Morgan fingerprint density at radius 2 is 2.14 bits per heavy atom. The highest BCUT2D eigenvalue weighted by Crippen LogP contribution is 2.48. The number of nitrogens with two attached hydrogens (primary N) is 1. The Bertz CT molecular complexity index is 342. The van der Waals surface area contributed by atoms with Gasteiger partial charge in [0.1, 0.15) is 0 Å². The normalized spacial score (nSPS) is 18.2. The zero-order valence-electron chi connectivity index (χ0n) is 8.52. The molecule has 2 N–H and O–H groups in total. The van der Waals surface area contributed by atoms with E-state index >= 15 is 0 Å². The van der Waals surface area contributed by atoms with Crippen LogP contribution in [0.4, 0.5) is 0 Å². The predicted molar refractivity (Wildman–Crippen MR) is 63.3 cm³/mol. The van der Waals surface area contributed by atoms with Gasteiger partial charge in [-0.1, -0.05) is 33.6 Å². The van der Waals surface area contributed by atoms with E-state index in [1.165, 1.54) is 28.4 Å². The van der Waals surface area contributed by atoms with Crippen molar-refractivity contribution in [2.45, 2.75) is 26.2 Å². The molecule has 2 heteroatoms. The summed E-state index contributed by atoms with van der Waals surface area (Å²) in [5.41, 5.74) is 8.96. The van der Waals surface area contributed by atoms with E-state index in [-0.39, 0.29) is 0 Å². The van der Waals surface area contributed by atoms with Gasteiger partial charge < -0.3 is 5.73 Å². The molecule has 1 nitrogen and oxygen atoms in total. The van der Waals surface area contributed by atoms with Gasteiger partial charge in [-0.3, -0.25) is 0 Å². The SMILES string of the molecule is Cc1ccc(Br)c(CC2(CN)CC2)c1. The lowest BCUT2D eigenvalue weighted by Crippen LogP contribution is -2.18. The average Bonchev–Trinajstić information content (AvgIpc) is 2.92. The molecule has 0 amide bonds. The van der Waals surface area contributed by atoms with E-state index < -0.39 is 0 Å². The monoisotopic (exact) mass is 253 g/mol. The van der Waals surface area contributed by atoms with Crippen molar-refractivity contribution >= 4 is 15.9 Å². The van der Waals surface area contributed by atoms with Crippen molar-refractivity contribution in [1.82, 2.24) is 0 Å². The molecule has 0 spiro atoms. The standard InChI is InChI=1S/C12H16BrN/c1-9-2-3-11(13)10(6-9)7-12(8-14)4-5-12/h2-3,6H,4-5,7-8,14H2,1H3. The second-order valence-corrected chi connectivity index (χ2v) is 5.33. The second-order valence-electron chi connectivity index (χ2n) is 4.48. The van der Waals surface area contributed by atoms with Crippen LogP contribution in [-0.2, 0) is 6.42 Å². The highest BCUT2D eigenvalue weighted by Gasteiger charge is 2.41. The molecule has 0 aromatic heterocycles. The summed E-state index contributed by atoms with van der Waals surface area (Å²) in [7, 11) is 0. The van der Waals surface area contributed by atoms with Gasteiger partial charge in [-0.25, -0.2) is 0 Å². The zero-order chi connectivity index (χ0) is 10.2. The number of hydrogen-bond donors (Lipinski definition) is 1. The van der Waals surface area contributed by atoms with Crippen molar-refractivity contribution in [3.63, 3.8) is 0 Å². The minimum Gasteiger partial charge on any atom is -0.330 e. The topological polar surface area (TPSA) is 26.0 Å². The fourth-order valence-electron chi connectivity index (χ4n) is 1.87. The lowest BCUT2D eigenvalue weighted by Gasteiger charge is -2.13. The molecule has 0 saturated heterocycles. The lowest BCUT2D eigenvalue weighted by atomic mass is 9.96. The molecule has 0 atom stereocenters. The second kappa shape index (κ2) is 3.67. The molecule has 0 heterocycles. The Hall–Kier alpha value is -0.340. The molecular weight excluding hydrogens is 238 g/mol. The van der Waals surface area contributed by atoms with Crippen LogP contribution in [0.5, 0.6) is 0 Å². The molecule has 0 unspecified atom stereocenters. The van der Waals surface area contributed by atoms with Crippen molar-refractivity contribution in [2.24, 2.45) is 11.1 Å². The van der Waals surface area contributed by atoms with Crippen LogP contribution < -0.4 is 5.73 Å². The summed E-state index contributed by atoms with van der Waals surface area (Å²) in [6.45, 7) is 2.96. The van der Waals surface area contributed by atoms with Crippen LogP contribution in [0.25, 0.3) is 0 Å². The molecule has 1 aromatic rings. The molecular formula is C12H16BrN. The van der Waals surface area contributed by atoms with E-state index in [9.17, 15) is 0 Å². The van der Waals surface area contributed by atoms with Gasteiger partial charge in [0.25, 0.3) is 0 Å². The van der Waals surface area contributed by atoms with Crippen LogP contribution in [0.15, 0.2) is 22.7 Å². The van der Waals surface area contributed by atoms with Crippen LogP contribution in [0.3, 0.4) is 0 Å². The maximum Gasteiger partial charge on any atom is 0.0207 e. The molecule has 0 aliphatic heterocycles. The summed E-state index contributed by atoms with van der Waals surface area (Å²) < 4.78 is 1.22. The summed E-state index contributed by atoms with van der Waals surface area (Å²) in [5, 5.41) is 0. The third kappa shape index (κ3) is 2.01. The van der Waals surface area contributed by atoms with Gasteiger partial charge in [0.15, 0.2) is 0 Å². The number of hydrogen-bond acceptors (Lipinski definition) is 1. The van der Waals surface area contributed by atoms with Gasteiger partial charge >= 0.3 is 0 Å². The van der Waals surface area contributed by atoms with E-state index in [2.05, 4.69) is 41.1 Å². The van der Waals surface area contributed by atoms with Crippen LogP contribution in [-0.4, -0.2) is 6.54 Å². The Kier molecular flexibility index (Phi) is 2.67. The lowest BCUT2D eigenvalue weighted by molar-refractivity contribution is 0.520. The molecule has 1 aliphatic carbocycles. The fourth-order valence-corrected chi connectivity index (χ4v) is 2.26. The van der Waals surface area contributed by atoms with Crippen LogP contribution in [0.2, 0.25) is 0 Å². The van der Waals surface area contributed by atoms with Crippen molar-refractivity contribution < 1.29 is 0 Å². The molecule has 1 fully saturated rings. The Balaban J connectivity index is 2.20. The summed E-state index contributed by atoms with van der Waals surface area (Å²) in [5.74, 6) is 0. The van der Waals surface area contributed by atoms with Crippen LogP contribution in [0.1, 0.15) is 24.0 Å². The van der Waals surface area contributed by atoms with Gasteiger partial charge in [-0.15, -0.1) is 0 Å². The van der Waals surface area contributed by atoms with Crippen molar-refractivity contribution in [3.05, 3.63) is 33.8 Å². The highest BCUT2D eigenvalue weighted by molar-refractivity contribution is 9.10. The first kappa shape index (κ1) is 10.2. The minimum atomic E-state index is 0.427. The number of benzene rings is 1. The smallest absolute Gasteiger partial charge is 0.0207 e. The maximum absolute atomic E-state index is 5.79. The molecule has 1 aliphatic rings. The van der Waals surface area contributed by atoms with Crippen LogP contribution in [0, 0.1) is 12.3 Å². The Labute approximate surface area is 93.8 Å². The largest absolute Gasteiger partial charge is 0.330 e. The molecule has 14 heavy (non-hydrogen) atoms. The minimum absolute atomic E-state index is 0.427. The van der Waals surface area contributed by atoms with Crippen LogP contribution >= 0.6 is 15.9 Å².